The van der Waals surface area contributed by atoms with Gasteiger partial charge < -0.3 is 0 Å². The first kappa shape index (κ1) is 9.08. The summed E-state index contributed by atoms with van der Waals surface area (Å²) < 4.78 is 0. The fraction of sp³-hybridized carbons (Fsp3) is 0.800. The number of ketones is 1. The molecule has 2 bridgehead atoms. The number of Topliss-reactive ketones (excluding diaryl/α,β-unsaturated/α-hetero) is 1. The predicted molar refractivity (Wildman–Crippen MR) is 52.0 cm³/mol. The molecule has 13 heavy (non-hydrogen) atoms. The Hall–Kier alpha value is -0.490. The van der Waals surface area contributed by atoms with Crippen LogP contribution in [0.3, 0.4) is 0 Å². The Kier molecular flexibility index (Phi) is 2.33. The van der Waals surface area contributed by atoms with E-state index in [4.69, 9.17) is 5.26 Å². The number of carbonyl (C=O) groups is 1. The van der Waals surface area contributed by atoms with Gasteiger partial charge in [0.1, 0.15) is 11.2 Å². The normalized spacial score (nSPS) is 41.8. The third kappa shape index (κ3) is 1.48. The number of hydrogen-bond acceptors (Lipinski definition) is 3. The SMILES string of the molecule is CC(=O)C1CC2CC1CC2SC#N. The molecule has 2 aliphatic rings. The molecule has 0 aromatic heterocycles. The van der Waals surface area contributed by atoms with Crippen molar-refractivity contribution < 1.29 is 4.79 Å². The van der Waals surface area contributed by atoms with Gasteiger partial charge in [-0.1, -0.05) is 0 Å². The summed E-state index contributed by atoms with van der Waals surface area (Å²) in [4.78, 5) is 11.2. The number of carbonyl (C=O) groups excluding carboxylic acids is 1. The summed E-state index contributed by atoms with van der Waals surface area (Å²) in [5.41, 5.74) is 0. The molecule has 4 unspecified atom stereocenters. The molecule has 0 radical (unpaired) electrons. The summed E-state index contributed by atoms with van der Waals surface area (Å²) >= 11 is 1.41. The zero-order chi connectivity index (χ0) is 9.42. The highest BCUT2D eigenvalue weighted by Gasteiger charge is 2.47. The van der Waals surface area contributed by atoms with Crippen molar-refractivity contribution in [2.45, 2.75) is 31.4 Å². The minimum absolute atomic E-state index is 0.320. The predicted octanol–water partition coefficient (Wildman–Crippen LogP) is 2.20. The topological polar surface area (TPSA) is 40.9 Å². The number of nitrogens with zero attached hydrogens (tertiary/aromatic N) is 1. The minimum atomic E-state index is 0.320. The highest BCUT2D eigenvalue weighted by atomic mass is 32.2. The molecule has 2 rings (SSSR count). The van der Waals surface area contributed by atoms with Crippen molar-refractivity contribution in [3.8, 4) is 5.40 Å². The third-order valence-corrected chi connectivity index (χ3v) is 4.50. The van der Waals surface area contributed by atoms with Crippen LogP contribution >= 0.6 is 11.8 Å². The molecule has 0 saturated heterocycles. The molecule has 0 amide bonds. The summed E-state index contributed by atoms with van der Waals surface area (Å²) in [5, 5.41) is 11.3. The first-order valence-corrected chi connectivity index (χ1v) is 5.65. The highest BCUT2D eigenvalue weighted by Crippen LogP contribution is 2.52. The lowest BCUT2D eigenvalue weighted by Crippen LogP contribution is -2.23. The van der Waals surface area contributed by atoms with Gasteiger partial charge in [0.25, 0.3) is 0 Å². The van der Waals surface area contributed by atoms with Crippen LogP contribution < -0.4 is 0 Å². The lowest BCUT2D eigenvalue weighted by molar-refractivity contribution is -0.122. The number of thioether (sulfide) groups is 1. The van der Waals surface area contributed by atoms with E-state index in [-0.39, 0.29) is 0 Å². The van der Waals surface area contributed by atoms with Crippen LogP contribution in [0.5, 0.6) is 0 Å². The number of rotatable bonds is 2. The molecular formula is C10H13NOS. The summed E-state index contributed by atoms with van der Waals surface area (Å²) in [6.07, 6.45) is 3.32. The zero-order valence-corrected chi connectivity index (χ0v) is 8.51. The van der Waals surface area contributed by atoms with Crippen molar-refractivity contribution in [2.75, 3.05) is 0 Å². The van der Waals surface area contributed by atoms with Gasteiger partial charge in [0.15, 0.2) is 0 Å². The highest BCUT2D eigenvalue weighted by molar-refractivity contribution is 8.04. The molecule has 0 spiro atoms. The van der Waals surface area contributed by atoms with Crippen molar-refractivity contribution in [2.24, 2.45) is 17.8 Å². The molecule has 3 heteroatoms. The molecule has 0 aromatic rings. The van der Waals surface area contributed by atoms with Crippen molar-refractivity contribution in [3.05, 3.63) is 0 Å². The van der Waals surface area contributed by atoms with Crippen molar-refractivity contribution >= 4 is 17.5 Å². The Balaban J connectivity index is 2.00. The fourth-order valence-corrected chi connectivity index (χ4v) is 3.83. The first-order chi connectivity index (χ1) is 6.22. The maximum atomic E-state index is 11.2. The number of hydrogen-bond donors (Lipinski definition) is 0. The van der Waals surface area contributed by atoms with Crippen LogP contribution in [0.1, 0.15) is 26.2 Å². The standard InChI is InChI=1S/C10H13NOS/c1-6(12)9-3-8-2-7(9)4-10(8)13-5-11/h7-10H,2-4H2,1H3. The van der Waals surface area contributed by atoms with Crippen molar-refractivity contribution in [1.29, 1.82) is 5.26 Å². The van der Waals surface area contributed by atoms with Gasteiger partial charge in [-0.05, 0) is 49.8 Å². The van der Waals surface area contributed by atoms with Gasteiger partial charge in [-0.15, -0.1) is 0 Å². The molecule has 0 aromatic carbocycles. The minimum Gasteiger partial charge on any atom is -0.300 e. The van der Waals surface area contributed by atoms with Crippen molar-refractivity contribution in [1.82, 2.24) is 0 Å². The van der Waals surface area contributed by atoms with E-state index >= 15 is 0 Å². The average molecular weight is 195 g/mol. The van der Waals surface area contributed by atoms with E-state index in [1.165, 1.54) is 18.2 Å². The lowest BCUT2D eigenvalue weighted by atomic mass is 9.86. The van der Waals surface area contributed by atoms with Gasteiger partial charge >= 0.3 is 0 Å². The molecule has 2 fully saturated rings. The average Bonchev–Trinajstić information content (AvgIpc) is 2.62. The number of fused-ring (bicyclic) bond motifs is 2. The smallest absolute Gasteiger partial charge is 0.133 e. The number of nitriles is 1. The van der Waals surface area contributed by atoms with Gasteiger partial charge in [-0.3, -0.25) is 4.79 Å². The Morgan fingerprint density at radius 2 is 2.15 bits per heavy atom. The van der Waals surface area contributed by atoms with E-state index in [1.54, 1.807) is 6.92 Å². The maximum absolute atomic E-state index is 11.2. The van der Waals surface area contributed by atoms with Crippen LogP contribution in [0.25, 0.3) is 0 Å². The summed E-state index contributed by atoms with van der Waals surface area (Å²) in [6.45, 7) is 1.71. The Morgan fingerprint density at radius 1 is 1.38 bits per heavy atom. The monoisotopic (exact) mass is 195 g/mol. The molecule has 2 saturated carbocycles. The lowest BCUT2D eigenvalue weighted by Gasteiger charge is -2.23. The number of thiocyanates is 1. The Labute approximate surface area is 82.7 Å². The fourth-order valence-electron chi connectivity index (χ4n) is 2.93. The molecule has 4 atom stereocenters. The molecule has 2 nitrogen and oxygen atoms in total. The molecule has 70 valence electrons. The summed E-state index contributed by atoms with van der Waals surface area (Å²) in [6, 6.07) is 0. The first-order valence-electron chi connectivity index (χ1n) is 4.77. The Bertz CT molecular complexity index is 271. The van der Waals surface area contributed by atoms with E-state index in [0.717, 1.165) is 12.8 Å². The third-order valence-electron chi connectivity index (χ3n) is 3.52. The maximum Gasteiger partial charge on any atom is 0.133 e. The van der Waals surface area contributed by atoms with E-state index < -0.39 is 0 Å². The summed E-state index contributed by atoms with van der Waals surface area (Å²) in [5.74, 6) is 1.91. The molecule has 2 aliphatic carbocycles. The van der Waals surface area contributed by atoms with Crippen LogP contribution in [0.15, 0.2) is 0 Å². The van der Waals surface area contributed by atoms with Crippen molar-refractivity contribution in [3.63, 3.8) is 0 Å². The van der Waals surface area contributed by atoms with Gasteiger partial charge in [-0.25, -0.2) is 0 Å². The second kappa shape index (κ2) is 3.34. The molecule has 0 heterocycles. The molecular weight excluding hydrogens is 182 g/mol. The molecule has 0 aliphatic heterocycles. The van der Waals surface area contributed by atoms with Gasteiger partial charge in [0.05, 0.1) is 0 Å². The van der Waals surface area contributed by atoms with E-state index in [0.29, 0.717) is 28.8 Å². The van der Waals surface area contributed by atoms with Gasteiger partial charge in [-0.2, -0.15) is 5.26 Å². The van der Waals surface area contributed by atoms with E-state index in [2.05, 4.69) is 5.40 Å². The second-order valence-electron chi connectivity index (χ2n) is 4.19. The largest absolute Gasteiger partial charge is 0.300 e. The van der Waals surface area contributed by atoms with Gasteiger partial charge in [0.2, 0.25) is 0 Å². The molecule has 0 N–H and O–H groups in total. The van der Waals surface area contributed by atoms with Crippen LogP contribution in [0.2, 0.25) is 0 Å². The quantitative estimate of drug-likeness (QED) is 0.634. The van der Waals surface area contributed by atoms with Crippen LogP contribution in [-0.2, 0) is 4.79 Å². The van der Waals surface area contributed by atoms with Gasteiger partial charge in [0, 0.05) is 11.2 Å². The van der Waals surface area contributed by atoms with E-state index in [9.17, 15) is 4.79 Å². The summed E-state index contributed by atoms with van der Waals surface area (Å²) in [7, 11) is 0. The zero-order valence-electron chi connectivity index (χ0n) is 7.69. The Morgan fingerprint density at radius 3 is 2.62 bits per heavy atom. The van der Waals surface area contributed by atoms with Crippen LogP contribution in [0.4, 0.5) is 0 Å². The van der Waals surface area contributed by atoms with Crippen LogP contribution in [0, 0.1) is 28.4 Å². The van der Waals surface area contributed by atoms with E-state index in [1.807, 2.05) is 0 Å². The second-order valence-corrected chi connectivity index (χ2v) is 5.22. The van der Waals surface area contributed by atoms with Crippen LogP contribution in [-0.4, -0.2) is 11.0 Å².